The van der Waals surface area contributed by atoms with Crippen LogP contribution in [0.2, 0.25) is 0 Å². The summed E-state index contributed by atoms with van der Waals surface area (Å²) in [7, 11) is 0. The van der Waals surface area contributed by atoms with E-state index in [9.17, 15) is 9.59 Å². The van der Waals surface area contributed by atoms with Gasteiger partial charge in [0.25, 0.3) is 5.91 Å². The maximum atomic E-state index is 12.2. The predicted molar refractivity (Wildman–Crippen MR) is 87.9 cm³/mol. The highest BCUT2D eigenvalue weighted by atomic mass is 32.1. The summed E-state index contributed by atoms with van der Waals surface area (Å²) < 4.78 is 0.880. The summed E-state index contributed by atoms with van der Waals surface area (Å²) in [6, 6.07) is 14.3. The van der Waals surface area contributed by atoms with Crippen LogP contribution in [0.15, 0.2) is 48.5 Å². The Labute approximate surface area is 131 Å². The molecule has 0 aliphatic carbocycles. The molecule has 0 atom stereocenters. The van der Waals surface area contributed by atoms with Gasteiger partial charge in [-0.25, -0.2) is 4.79 Å². The molecule has 0 unspecified atom stereocenters. The number of fused-ring (bicyclic) bond motifs is 1. The Balaban J connectivity index is 1.85. The number of carbonyl (C=O) groups is 2. The third-order valence-corrected chi connectivity index (χ3v) is 4.40. The van der Waals surface area contributed by atoms with Gasteiger partial charge in [0.05, 0.1) is 0 Å². The lowest BCUT2D eigenvalue weighted by Crippen LogP contribution is -2.11. The van der Waals surface area contributed by atoms with Crippen molar-refractivity contribution >= 4 is 39.0 Å². The molecule has 0 fully saturated rings. The molecule has 0 aliphatic rings. The number of hydrogen-bond acceptors (Lipinski definition) is 3. The quantitative estimate of drug-likeness (QED) is 0.763. The summed E-state index contributed by atoms with van der Waals surface area (Å²) in [5.74, 6) is -1.13. The predicted octanol–water partition coefficient (Wildman–Crippen LogP) is 4.16. The third kappa shape index (κ3) is 2.84. The second kappa shape index (κ2) is 5.61. The summed E-state index contributed by atoms with van der Waals surface area (Å²) in [6.07, 6.45) is 0. The Morgan fingerprint density at radius 1 is 1.05 bits per heavy atom. The van der Waals surface area contributed by atoms with E-state index in [-0.39, 0.29) is 10.8 Å². The molecule has 110 valence electrons. The lowest BCUT2D eigenvalue weighted by molar-refractivity contribution is 0.0702. The number of thiophene rings is 1. The number of aryl methyl sites for hydroxylation is 1. The van der Waals surface area contributed by atoms with E-state index in [4.69, 9.17) is 5.11 Å². The zero-order valence-electron chi connectivity index (χ0n) is 11.8. The van der Waals surface area contributed by atoms with Gasteiger partial charge in [0.2, 0.25) is 0 Å². The Morgan fingerprint density at radius 2 is 1.77 bits per heavy atom. The van der Waals surface area contributed by atoms with Crippen molar-refractivity contribution < 1.29 is 14.7 Å². The highest BCUT2D eigenvalue weighted by Crippen LogP contribution is 2.28. The van der Waals surface area contributed by atoms with Crippen molar-refractivity contribution in [1.82, 2.24) is 0 Å². The van der Waals surface area contributed by atoms with E-state index in [1.165, 1.54) is 11.3 Å². The molecule has 5 heteroatoms. The number of rotatable bonds is 3. The molecular formula is C17H13NO3S. The fraction of sp³-hybridized carbons (Fsp3) is 0.0588. The van der Waals surface area contributed by atoms with Gasteiger partial charge in [-0.2, -0.15) is 0 Å². The van der Waals surface area contributed by atoms with E-state index < -0.39 is 5.97 Å². The minimum atomic E-state index is -0.938. The molecule has 0 saturated heterocycles. The van der Waals surface area contributed by atoms with Crippen LogP contribution < -0.4 is 5.32 Å². The van der Waals surface area contributed by atoms with Crippen LogP contribution in [0.25, 0.3) is 10.1 Å². The number of anilines is 1. The number of nitrogens with one attached hydrogen (secondary N) is 1. The van der Waals surface area contributed by atoms with Crippen LogP contribution >= 0.6 is 11.3 Å². The molecule has 0 bridgehead atoms. The standard InChI is InChI=1S/C17H13NO3S/c1-10-2-4-11(5-3-10)16(19)18-13-6-7-14-12(8-13)9-15(22-14)17(20)21/h2-9H,1H3,(H,18,19)(H,20,21). The molecule has 3 aromatic rings. The molecule has 1 heterocycles. The average molecular weight is 311 g/mol. The van der Waals surface area contributed by atoms with E-state index in [2.05, 4.69) is 5.32 Å². The van der Waals surface area contributed by atoms with Crippen molar-refractivity contribution in [3.8, 4) is 0 Å². The highest BCUT2D eigenvalue weighted by Gasteiger charge is 2.10. The van der Waals surface area contributed by atoms with Gasteiger partial charge < -0.3 is 10.4 Å². The normalized spacial score (nSPS) is 10.6. The minimum Gasteiger partial charge on any atom is -0.477 e. The lowest BCUT2D eigenvalue weighted by atomic mass is 10.1. The third-order valence-electron chi connectivity index (χ3n) is 3.30. The maximum absolute atomic E-state index is 12.2. The first-order valence-corrected chi connectivity index (χ1v) is 7.49. The summed E-state index contributed by atoms with van der Waals surface area (Å²) in [5, 5.41) is 12.6. The topological polar surface area (TPSA) is 66.4 Å². The number of hydrogen-bond donors (Lipinski definition) is 2. The molecule has 2 aromatic carbocycles. The van der Waals surface area contributed by atoms with Crippen LogP contribution in [-0.4, -0.2) is 17.0 Å². The van der Waals surface area contributed by atoms with E-state index in [1.54, 1.807) is 30.3 Å². The second-order valence-corrected chi connectivity index (χ2v) is 6.07. The van der Waals surface area contributed by atoms with E-state index >= 15 is 0 Å². The molecule has 2 N–H and O–H groups in total. The molecular weight excluding hydrogens is 298 g/mol. The minimum absolute atomic E-state index is 0.187. The molecule has 0 saturated carbocycles. The SMILES string of the molecule is Cc1ccc(C(=O)Nc2ccc3sc(C(=O)O)cc3c2)cc1. The molecule has 0 aliphatic heterocycles. The summed E-state index contributed by atoms with van der Waals surface area (Å²) in [5.41, 5.74) is 2.33. The first-order valence-electron chi connectivity index (χ1n) is 6.68. The molecule has 3 rings (SSSR count). The Kier molecular flexibility index (Phi) is 3.65. The van der Waals surface area contributed by atoms with Crippen LogP contribution in [0, 0.1) is 6.92 Å². The monoisotopic (exact) mass is 311 g/mol. The van der Waals surface area contributed by atoms with E-state index in [1.807, 2.05) is 25.1 Å². The van der Waals surface area contributed by atoms with Crippen molar-refractivity contribution in [2.75, 3.05) is 5.32 Å². The number of carboxylic acid groups (broad SMARTS) is 1. The van der Waals surface area contributed by atoms with Crippen molar-refractivity contribution in [2.45, 2.75) is 6.92 Å². The van der Waals surface area contributed by atoms with Crippen molar-refractivity contribution in [3.63, 3.8) is 0 Å². The van der Waals surface area contributed by atoms with Crippen LogP contribution in [0.5, 0.6) is 0 Å². The maximum Gasteiger partial charge on any atom is 0.345 e. The summed E-state index contributed by atoms with van der Waals surface area (Å²) >= 11 is 1.22. The number of carboxylic acids is 1. The molecule has 1 amide bonds. The molecule has 0 radical (unpaired) electrons. The largest absolute Gasteiger partial charge is 0.477 e. The van der Waals surface area contributed by atoms with Crippen molar-refractivity contribution in [3.05, 3.63) is 64.5 Å². The average Bonchev–Trinajstić information content (AvgIpc) is 2.91. The zero-order chi connectivity index (χ0) is 15.7. The van der Waals surface area contributed by atoms with Gasteiger partial charge in [0.1, 0.15) is 4.88 Å². The summed E-state index contributed by atoms with van der Waals surface area (Å²) in [6.45, 7) is 1.96. The first-order chi connectivity index (χ1) is 10.5. The highest BCUT2D eigenvalue weighted by molar-refractivity contribution is 7.20. The van der Waals surface area contributed by atoms with Crippen LogP contribution in [-0.2, 0) is 0 Å². The molecule has 22 heavy (non-hydrogen) atoms. The molecule has 4 nitrogen and oxygen atoms in total. The Hall–Kier alpha value is -2.66. The zero-order valence-corrected chi connectivity index (χ0v) is 12.6. The van der Waals surface area contributed by atoms with E-state index in [0.717, 1.165) is 15.6 Å². The fourth-order valence-electron chi connectivity index (χ4n) is 2.13. The Morgan fingerprint density at radius 3 is 2.45 bits per heavy atom. The van der Waals surface area contributed by atoms with Gasteiger partial charge in [0, 0.05) is 16.0 Å². The van der Waals surface area contributed by atoms with Crippen LogP contribution in [0.3, 0.4) is 0 Å². The molecule has 1 aromatic heterocycles. The van der Waals surface area contributed by atoms with Crippen molar-refractivity contribution in [2.24, 2.45) is 0 Å². The van der Waals surface area contributed by atoms with Gasteiger partial charge in [-0.15, -0.1) is 11.3 Å². The van der Waals surface area contributed by atoms with Crippen LogP contribution in [0.1, 0.15) is 25.6 Å². The Bertz CT molecular complexity index is 865. The van der Waals surface area contributed by atoms with E-state index in [0.29, 0.717) is 11.3 Å². The number of carbonyl (C=O) groups excluding carboxylic acids is 1. The smallest absolute Gasteiger partial charge is 0.345 e. The van der Waals surface area contributed by atoms with Crippen molar-refractivity contribution in [1.29, 1.82) is 0 Å². The number of amides is 1. The fourth-order valence-corrected chi connectivity index (χ4v) is 3.02. The van der Waals surface area contributed by atoms with Gasteiger partial charge in [-0.1, -0.05) is 17.7 Å². The lowest BCUT2D eigenvalue weighted by Gasteiger charge is -2.05. The van der Waals surface area contributed by atoms with Gasteiger partial charge >= 0.3 is 5.97 Å². The number of benzene rings is 2. The molecule has 0 spiro atoms. The van der Waals surface area contributed by atoms with Gasteiger partial charge in [0.15, 0.2) is 0 Å². The van der Waals surface area contributed by atoms with Crippen LogP contribution in [0.4, 0.5) is 5.69 Å². The van der Waals surface area contributed by atoms with Gasteiger partial charge in [-0.3, -0.25) is 4.79 Å². The number of aromatic carboxylic acids is 1. The second-order valence-electron chi connectivity index (χ2n) is 4.99. The first kappa shape index (κ1) is 14.3. The van der Waals surface area contributed by atoms with Gasteiger partial charge in [-0.05, 0) is 48.7 Å². The summed E-state index contributed by atoms with van der Waals surface area (Å²) in [4.78, 5) is 23.4.